The van der Waals surface area contributed by atoms with Crippen LogP contribution in [0.3, 0.4) is 0 Å². The number of benzene rings is 1. The van der Waals surface area contributed by atoms with Gasteiger partial charge in [0.2, 0.25) is 0 Å². The third-order valence-corrected chi connectivity index (χ3v) is 5.30. The Morgan fingerprint density at radius 2 is 2.04 bits per heavy atom. The van der Waals surface area contributed by atoms with Crippen LogP contribution in [0.4, 0.5) is 0 Å². The molecule has 1 saturated carbocycles. The van der Waals surface area contributed by atoms with Gasteiger partial charge in [-0.3, -0.25) is 0 Å². The van der Waals surface area contributed by atoms with Crippen LogP contribution in [0.1, 0.15) is 56.3 Å². The second-order valence-corrected chi connectivity index (χ2v) is 7.36. The van der Waals surface area contributed by atoms with Crippen LogP contribution < -0.4 is 0 Å². The van der Waals surface area contributed by atoms with Gasteiger partial charge in [-0.15, -0.1) is 6.58 Å². The van der Waals surface area contributed by atoms with Gasteiger partial charge in [0.15, 0.2) is 12.4 Å². The summed E-state index contributed by atoms with van der Waals surface area (Å²) in [5.41, 5.74) is 0.427. The maximum Gasteiger partial charge on any atom is 0.338 e. The average molecular weight is 344 g/mol. The molecule has 0 spiro atoms. The topological polar surface area (TPSA) is 44.8 Å². The molecule has 1 heterocycles. The Morgan fingerprint density at radius 1 is 1.32 bits per heavy atom. The molecule has 2 aliphatic rings. The summed E-state index contributed by atoms with van der Waals surface area (Å²) in [6, 6.07) is 9.08. The largest absolute Gasteiger partial charge is 0.453 e. The number of carbonyl (C=O) groups is 1. The van der Waals surface area contributed by atoms with Gasteiger partial charge in [0.1, 0.15) is 0 Å². The van der Waals surface area contributed by atoms with Gasteiger partial charge in [-0.2, -0.15) is 0 Å². The molecule has 4 heteroatoms. The predicted octanol–water partition coefficient (Wildman–Crippen LogP) is 4.50. The fourth-order valence-electron chi connectivity index (χ4n) is 3.27. The van der Waals surface area contributed by atoms with Crippen molar-refractivity contribution in [2.24, 2.45) is 5.92 Å². The highest BCUT2D eigenvalue weighted by Crippen LogP contribution is 2.46. The Bertz CT molecular complexity index is 593. The van der Waals surface area contributed by atoms with Crippen molar-refractivity contribution < 1.29 is 19.0 Å². The van der Waals surface area contributed by atoms with Crippen molar-refractivity contribution >= 4 is 5.97 Å². The molecule has 3 rings (SSSR count). The first kappa shape index (κ1) is 18.2. The molecule has 1 aliphatic carbocycles. The number of rotatable bonds is 7. The van der Waals surface area contributed by atoms with Gasteiger partial charge in [-0.05, 0) is 57.1 Å². The fraction of sp³-hybridized carbons (Fsp3) is 0.571. The second-order valence-electron chi connectivity index (χ2n) is 7.36. The maximum absolute atomic E-state index is 12.5. The van der Waals surface area contributed by atoms with Gasteiger partial charge in [-0.1, -0.05) is 31.2 Å². The van der Waals surface area contributed by atoms with Crippen LogP contribution >= 0.6 is 0 Å². The zero-order valence-corrected chi connectivity index (χ0v) is 15.1. The number of hydrogen-bond donors (Lipinski definition) is 0. The van der Waals surface area contributed by atoms with E-state index in [9.17, 15) is 4.79 Å². The monoisotopic (exact) mass is 344 g/mol. The molecule has 1 saturated heterocycles. The van der Waals surface area contributed by atoms with Crippen LogP contribution in [0.2, 0.25) is 0 Å². The summed E-state index contributed by atoms with van der Waals surface area (Å²) >= 11 is 0. The molecule has 1 aromatic rings. The lowest BCUT2D eigenvalue weighted by molar-refractivity contribution is -0.271. The molecule has 0 bridgehead atoms. The fourth-order valence-corrected chi connectivity index (χ4v) is 3.27. The SMILES string of the molecule is C=CCCC1(O[C@@H]2O[C@@H](C)[C@H](C)C[C@H]2OC(=O)c2ccccc2)CC1. The molecular formula is C21H28O4. The normalized spacial score (nSPS) is 30.5. The van der Waals surface area contributed by atoms with E-state index in [-0.39, 0.29) is 23.8 Å². The van der Waals surface area contributed by atoms with Gasteiger partial charge >= 0.3 is 5.97 Å². The van der Waals surface area contributed by atoms with Crippen LogP contribution in [-0.2, 0) is 14.2 Å². The predicted molar refractivity (Wildman–Crippen MR) is 96.2 cm³/mol. The first-order chi connectivity index (χ1) is 12.0. The zero-order valence-electron chi connectivity index (χ0n) is 15.1. The standard InChI is InChI=1S/C21H28O4/c1-4-5-11-21(12-13-21)25-20-18(14-15(2)16(3)23-20)24-19(22)17-9-7-6-8-10-17/h4,6-10,15-16,18,20H,1,5,11-14H2,2-3H3/t15-,16+,18-,20+/m1/s1. The number of carbonyl (C=O) groups excluding carboxylic acids is 1. The van der Waals surface area contributed by atoms with E-state index in [2.05, 4.69) is 20.4 Å². The number of ether oxygens (including phenoxy) is 3. The summed E-state index contributed by atoms with van der Waals surface area (Å²) < 4.78 is 18.2. The zero-order chi connectivity index (χ0) is 17.9. The molecule has 2 fully saturated rings. The molecule has 0 N–H and O–H groups in total. The van der Waals surface area contributed by atoms with Gasteiger partial charge in [0.25, 0.3) is 0 Å². The van der Waals surface area contributed by atoms with E-state index in [0.29, 0.717) is 11.5 Å². The Labute approximate surface area is 150 Å². The summed E-state index contributed by atoms with van der Waals surface area (Å²) in [4.78, 5) is 12.5. The van der Waals surface area contributed by atoms with Crippen molar-refractivity contribution in [3.05, 3.63) is 48.6 Å². The Morgan fingerprint density at radius 3 is 2.68 bits per heavy atom. The molecule has 1 aliphatic heterocycles. The van der Waals surface area contributed by atoms with E-state index in [0.717, 1.165) is 32.1 Å². The molecule has 4 atom stereocenters. The molecule has 4 nitrogen and oxygen atoms in total. The molecule has 136 valence electrons. The number of hydrogen-bond acceptors (Lipinski definition) is 4. The third kappa shape index (κ3) is 4.50. The van der Waals surface area contributed by atoms with E-state index in [1.807, 2.05) is 24.3 Å². The van der Waals surface area contributed by atoms with Crippen molar-refractivity contribution in [2.45, 2.75) is 70.1 Å². The lowest BCUT2D eigenvalue weighted by atomic mass is 9.94. The van der Waals surface area contributed by atoms with Crippen molar-refractivity contribution in [3.8, 4) is 0 Å². The van der Waals surface area contributed by atoms with Crippen LogP contribution in [0.25, 0.3) is 0 Å². The summed E-state index contributed by atoms with van der Waals surface area (Å²) in [6.45, 7) is 7.97. The first-order valence-electron chi connectivity index (χ1n) is 9.23. The molecule has 0 amide bonds. The minimum absolute atomic E-state index is 0.0897. The van der Waals surface area contributed by atoms with E-state index in [1.54, 1.807) is 12.1 Å². The van der Waals surface area contributed by atoms with Crippen molar-refractivity contribution in [3.63, 3.8) is 0 Å². The average Bonchev–Trinajstić information content (AvgIpc) is 3.38. The Balaban J connectivity index is 1.68. The molecule has 0 unspecified atom stereocenters. The van der Waals surface area contributed by atoms with Gasteiger partial charge in [0, 0.05) is 0 Å². The Hall–Kier alpha value is -1.65. The van der Waals surface area contributed by atoms with Crippen LogP contribution in [0.5, 0.6) is 0 Å². The Kier molecular flexibility index (Phi) is 5.60. The van der Waals surface area contributed by atoms with Gasteiger partial charge < -0.3 is 14.2 Å². The highest BCUT2D eigenvalue weighted by molar-refractivity contribution is 5.89. The minimum atomic E-state index is -0.494. The second kappa shape index (κ2) is 7.71. The highest BCUT2D eigenvalue weighted by atomic mass is 16.7. The molecule has 0 aromatic heterocycles. The minimum Gasteiger partial charge on any atom is -0.453 e. The summed E-state index contributed by atoms with van der Waals surface area (Å²) in [6.07, 6.45) is 5.82. The quantitative estimate of drug-likeness (QED) is 0.540. The number of allylic oxidation sites excluding steroid dienone is 1. The summed E-state index contributed by atoms with van der Waals surface area (Å²) in [5, 5.41) is 0. The molecular weight excluding hydrogens is 316 g/mol. The lowest BCUT2D eigenvalue weighted by Gasteiger charge is -2.39. The molecule has 25 heavy (non-hydrogen) atoms. The van der Waals surface area contributed by atoms with Crippen molar-refractivity contribution in [1.82, 2.24) is 0 Å². The van der Waals surface area contributed by atoms with Crippen molar-refractivity contribution in [2.75, 3.05) is 0 Å². The first-order valence-corrected chi connectivity index (χ1v) is 9.23. The van der Waals surface area contributed by atoms with Crippen LogP contribution in [0.15, 0.2) is 43.0 Å². The van der Waals surface area contributed by atoms with E-state index in [4.69, 9.17) is 14.2 Å². The smallest absolute Gasteiger partial charge is 0.338 e. The maximum atomic E-state index is 12.5. The lowest BCUT2D eigenvalue weighted by Crippen LogP contribution is -2.47. The summed E-state index contributed by atoms with van der Waals surface area (Å²) in [5.74, 6) is -0.00255. The van der Waals surface area contributed by atoms with Crippen LogP contribution in [0, 0.1) is 5.92 Å². The third-order valence-electron chi connectivity index (χ3n) is 5.30. The molecule has 1 aromatic carbocycles. The number of esters is 1. The van der Waals surface area contributed by atoms with Gasteiger partial charge in [0.05, 0.1) is 17.3 Å². The van der Waals surface area contributed by atoms with E-state index < -0.39 is 6.29 Å². The summed E-state index contributed by atoms with van der Waals surface area (Å²) in [7, 11) is 0. The highest BCUT2D eigenvalue weighted by Gasteiger charge is 2.49. The van der Waals surface area contributed by atoms with Crippen molar-refractivity contribution in [1.29, 1.82) is 0 Å². The van der Waals surface area contributed by atoms with E-state index >= 15 is 0 Å². The van der Waals surface area contributed by atoms with Gasteiger partial charge in [-0.25, -0.2) is 4.79 Å². The molecule has 0 radical (unpaired) electrons. The van der Waals surface area contributed by atoms with Crippen LogP contribution in [-0.4, -0.2) is 30.1 Å². The van der Waals surface area contributed by atoms with E-state index in [1.165, 1.54) is 0 Å².